The fraction of sp³-hybridized carbons (Fsp3) is 0.316. The van der Waals surface area contributed by atoms with E-state index in [0.29, 0.717) is 6.54 Å². The van der Waals surface area contributed by atoms with E-state index in [9.17, 15) is 18.5 Å². The van der Waals surface area contributed by atoms with Gasteiger partial charge in [-0.3, -0.25) is 15.1 Å². The molecule has 10 heteroatoms. The quantitative estimate of drug-likeness (QED) is 0.206. The van der Waals surface area contributed by atoms with Crippen molar-refractivity contribution in [2.75, 3.05) is 30.0 Å². The molecule has 0 saturated heterocycles. The number of aryl methyl sites for hydroxylation is 2. The maximum Gasteiger partial charge on any atom is 0.293 e. The SMILES string of the molecule is CS(=O)(=O)c1ccc(NCCN=C(N)Nc2ccc3c(c2)CCC3)c([N+](=O)[O-])c1. The Kier molecular flexibility index (Phi) is 6.02. The van der Waals surface area contributed by atoms with Crippen molar-refractivity contribution in [3.8, 4) is 0 Å². The van der Waals surface area contributed by atoms with Crippen LogP contribution in [0.15, 0.2) is 46.3 Å². The van der Waals surface area contributed by atoms with E-state index >= 15 is 0 Å². The van der Waals surface area contributed by atoms with Crippen LogP contribution in [-0.4, -0.2) is 38.6 Å². The van der Waals surface area contributed by atoms with Gasteiger partial charge in [-0.2, -0.15) is 0 Å². The maximum absolute atomic E-state index is 11.6. The first-order chi connectivity index (χ1) is 13.7. The van der Waals surface area contributed by atoms with Gasteiger partial charge < -0.3 is 16.4 Å². The van der Waals surface area contributed by atoms with Crippen LogP contribution in [0, 0.1) is 10.1 Å². The summed E-state index contributed by atoms with van der Waals surface area (Å²) in [7, 11) is -3.52. The Balaban J connectivity index is 1.58. The van der Waals surface area contributed by atoms with Gasteiger partial charge in [-0.1, -0.05) is 6.07 Å². The lowest BCUT2D eigenvalue weighted by atomic mass is 10.1. The van der Waals surface area contributed by atoms with E-state index < -0.39 is 14.8 Å². The lowest BCUT2D eigenvalue weighted by Crippen LogP contribution is -2.24. The van der Waals surface area contributed by atoms with Gasteiger partial charge >= 0.3 is 0 Å². The van der Waals surface area contributed by atoms with Gasteiger partial charge in [0, 0.05) is 24.6 Å². The van der Waals surface area contributed by atoms with Crippen molar-refractivity contribution < 1.29 is 13.3 Å². The van der Waals surface area contributed by atoms with E-state index in [0.717, 1.165) is 30.9 Å². The number of nitrogens with one attached hydrogen (secondary N) is 2. The Morgan fingerprint density at radius 2 is 1.97 bits per heavy atom. The highest BCUT2D eigenvalue weighted by Crippen LogP contribution is 2.27. The molecule has 0 bridgehead atoms. The standard InChI is InChI=1S/C19H23N5O4S/c1-29(27,28)16-7-8-17(18(12-16)24(25)26)21-9-10-22-19(20)23-15-6-5-13-3-2-4-14(13)11-15/h5-8,11-12,21H,2-4,9-10H2,1H3,(H3,20,22,23). The molecule has 3 rings (SSSR count). The highest BCUT2D eigenvalue weighted by molar-refractivity contribution is 7.90. The average molecular weight is 417 g/mol. The summed E-state index contributed by atoms with van der Waals surface area (Å²) in [4.78, 5) is 14.7. The third-order valence-corrected chi connectivity index (χ3v) is 5.78. The van der Waals surface area contributed by atoms with E-state index in [4.69, 9.17) is 5.73 Å². The number of benzene rings is 2. The fourth-order valence-electron chi connectivity index (χ4n) is 3.25. The Bertz CT molecular complexity index is 1070. The molecule has 0 aromatic heterocycles. The van der Waals surface area contributed by atoms with Crippen molar-refractivity contribution in [3.63, 3.8) is 0 Å². The molecule has 0 unspecified atom stereocenters. The van der Waals surface area contributed by atoms with Gasteiger partial charge in [-0.25, -0.2) is 8.42 Å². The molecule has 1 aliphatic rings. The molecule has 29 heavy (non-hydrogen) atoms. The Hall–Kier alpha value is -3.14. The van der Waals surface area contributed by atoms with Crippen LogP contribution < -0.4 is 16.4 Å². The zero-order valence-corrected chi connectivity index (χ0v) is 16.8. The molecular weight excluding hydrogens is 394 g/mol. The summed E-state index contributed by atoms with van der Waals surface area (Å²) in [6.07, 6.45) is 4.36. The molecule has 4 N–H and O–H groups in total. The minimum Gasteiger partial charge on any atom is -0.378 e. The lowest BCUT2D eigenvalue weighted by Gasteiger charge is -2.09. The summed E-state index contributed by atoms with van der Waals surface area (Å²) in [6, 6.07) is 9.90. The second-order valence-electron chi connectivity index (χ2n) is 6.86. The number of nitro groups is 1. The summed E-state index contributed by atoms with van der Waals surface area (Å²) in [5.74, 6) is 0.256. The molecule has 0 fully saturated rings. The predicted octanol–water partition coefficient (Wildman–Crippen LogP) is 2.33. The van der Waals surface area contributed by atoms with Crippen LogP contribution >= 0.6 is 0 Å². The van der Waals surface area contributed by atoms with Crippen molar-refractivity contribution in [2.45, 2.75) is 24.2 Å². The predicted molar refractivity (Wildman–Crippen MR) is 113 cm³/mol. The zero-order valence-electron chi connectivity index (χ0n) is 16.0. The van der Waals surface area contributed by atoms with Crippen molar-refractivity contribution in [2.24, 2.45) is 10.7 Å². The van der Waals surface area contributed by atoms with E-state index in [1.165, 1.54) is 29.7 Å². The maximum atomic E-state index is 11.6. The van der Waals surface area contributed by atoms with Crippen LogP contribution in [0.5, 0.6) is 0 Å². The zero-order chi connectivity index (χ0) is 21.0. The molecule has 0 radical (unpaired) electrons. The third kappa shape index (κ3) is 5.23. The number of guanidine groups is 1. The largest absolute Gasteiger partial charge is 0.378 e. The number of nitrogens with zero attached hydrogens (tertiary/aromatic N) is 2. The summed E-state index contributed by atoms with van der Waals surface area (Å²) in [5, 5.41) is 17.2. The van der Waals surface area contributed by atoms with E-state index in [1.54, 1.807) is 0 Å². The number of aliphatic imine (C=N–C) groups is 1. The molecule has 0 spiro atoms. The Labute approximate surface area is 169 Å². The number of anilines is 2. The van der Waals surface area contributed by atoms with Crippen LogP contribution in [0.1, 0.15) is 17.5 Å². The van der Waals surface area contributed by atoms with Gasteiger partial charge in [0.25, 0.3) is 5.69 Å². The number of sulfone groups is 1. The van der Waals surface area contributed by atoms with Crippen LogP contribution in [-0.2, 0) is 22.7 Å². The van der Waals surface area contributed by atoms with Crippen molar-refractivity contribution >= 4 is 32.9 Å². The van der Waals surface area contributed by atoms with Crippen molar-refractivity contribution in [3.05, 3.63) is 57.6 Å². The molecule has 0 heterocycles. The van der Waals surface area contributed by atoms with Gasteiger partial charge in [-0.05, 0) is 54.7 Å². The molecule has 2 aromatic rings. The van der Waals surface area contributed by atoms with Gasteiger partial charge in [0.1, 0.15) is 5.69 Å². The van der Waals surface area contributed by atoms with E-state index in [-0.39, 0.29) is 28.8 Å². The van der Waals surface area contributed by atoms with E-state index in [2.05, 4.69) is 27.8 Å². The fourth-order valence-corrected chi connectivity index (χ4v) is 3.89. The number of nitro benzene ring substituents is 1. The molecule has 9 nitrogen and oxygen atoms in total. The van der Waals surface area contributed by atoms with Gasteiger partial charge in [0.2, 0.25) is 0 Å². The Morgan fingerprint density at radius 1 is 1.21 bits per heavy atom. The second kappa shape index (κ2) is 8.48. The van der Waals surface area contributed by atoms with Gasteiger partial charge in [0.05, 0.1) is 16.4 Å². The van der Waals surface area contributed by atoms with Crippen LogP contribution in [0.3, 0.4) is 0 Å². The molecule has 0 saturated carbocycles. The molecular formula is C19H23N5O4S. The first-order valence-electron chi connectivity index (χ1n) is 9.15. The number of rotatable bonds is 7. The van der Waals surface area contributed by atoms with Crippen LogP contribution in [0.25, 0.3) is 0 Å². The first kappa shape index (κ1) is 20.6. The minimum atomic E-state index is -3.52. The number of hydrogen-bond donors (Lipinski definition) is 3. The second-order valence-corrected chi connectivity index (χ2v) is 8.88. The molecule has 154 valence electrons. The highest BCUT2D eigenvalue weighted by Gasteiger charge is 2.18. The molecule has 0 amide bonds. The summed E-state index contributed by atoms with van der Waals surface area (Å²) < 4.78 is 23.2. The number of fused-ring (bicyclic) bond motifs is 1. The smallest absolute Gasteiger partial charge is 0.293 e. The van der Waals surface area contributed by atoms with Crippen molar-refractivity contribution in [1.29, 1.82) is 0 Å². The minimum absolute atomic E-state index is 0.101. The molecule has 0 atom stereocenters. The highest BCUT2D eigenvalue weighted by atomic mass is 32.2. The third-order valence-electron chi connectivity index (χ3n) is 4.67. The molecule has 1 aliphatic carbocycles. The summed E-state index contributed by atoms with van der Waals surface area (Å²) >= 11 is 0. The summed E-state index contributed by atoms with van der Waals surface area (Å²) in [6.45, 7) is 0.584. The van der Waals surface area contributed by atoms with Gasteiger partial charge in [-0.15, -0.1) is 0 Å². The summed E-state index contributed by atoms with van der Waals surface area (Å²) in [5.41, 5.74) is 9.42. The first-order valence-corrected chi connectivity index (χ1v) is 11.0. The normalized spacial score (nSPS) is 13.8. The Morgan fingerprint density at radius 3 is 2.69 bits per heavy atom. The molecule has 2 aromatic carbocycles. The van der Waals surface area contributed by atoms with Crippen molar-refractivity contribution in [1.82, 2.24) is 0 Å². The van der Waals surface area contributed by atoms with E-state index in [1.807, 2.05) is 6.07 Å². The number of nitrogens with two attached hydrogens (primary N) is 1. The topological polar surface area (TPSA) is 140 Å². The lowest BCUT2D eigenvalue weighted by molar-refractivity contribution is -0.384. The van der Waals surface area contributed by atoms with Crippen LogP contribution in [0.2, 0.25) is 0 Å². The average Bonchev–Trinajstić information content (AvgIpc) is 3.12. The van der Waals surface area contributed by atoms with Gasteiger partial charge in [0.15, 0.2) is 15.8 Å². The number of hydrogen-bond acceptors (Lipinski definition) is 6. The molecule has 0 aliphatic heterocycles. The van der Waals surface area contributed by atoms with Crippen LogP contribution in [0.4, 0.5) is 17.1 Å². The monoisotopic (exact) mass is 417 g/mol.